The second-order valence-corrected chi connectivity index (χ2v) is 9.87. The van der Waals surface area contributed by atoms with Gasteiger partial charge in [-0.3, -0.25) is 0 Å². The maximum atomic E-state index is 4.35. The van der Waals surface area contributed by atoms with Gasteiger partial charge in [0.2, 0.25) is 0 Å². The van der Waals surface area contributed by atoms with Gasteiger partial charge in [-0.1, -0.05) is 83.7 Å². The van der Waals surface area contributed by atoms with Gasteiger partial charge in [-0.15, -0.1) is 0 Å². The Bertz CT molecular complexity index is 542. The Morgan fingerprint density at radius 2 is 1.65 bits per heavy atom. The van der Waals surface area contributed by atoms with E-state index in [1.807, 2.05) is 0 Å². The molecule has 1 atom stereocenters. The third kappa shape index (κ3) is 3.70. The lowest BCUT2D eigenvalue weighted by molar-refractivity contribution is 1.38. The van der Waals surface area contributed by atoms with Crippen LogP contribution in [-0.2, 0) is 0 Å². The summed E-state index contributed by atoms with van der Waals surface area (Å²) in [5.74, 6) is 0. The molecule has 0 nitrogen and oxygen atoms in total. The van der Waals surface area contributed by atoms with E-state index in [9.17, 15) is 0 Å². The summed E-state index contributed by atoms with van der Waals surface area (Å²) in [5.41, 5.74) is 1.32. The van der Waals surface area contributed by atoms with E-state index >= 15 is 0 Å². The van der Waals surface area contributed by atoms with Crippen molar-refractivity contribution in [2.75, 3.05) is 0 Å². The molecule has 0 N–H and O–H groups in total. The third-order valence-electron chi connectivity index (χ3n) is 3.82. The Morgan fingerprint density at radius 1 is 1.05 bits per heavy atom. The van der Waals surface area contributed by atoms with E-state index in [4.69, 9.17) is 0 Å². The predicted molar refractivity (Wildman–Crippen MR) is 94.8 cm³/mol. The molecule has 0 saturated carbocycles. The molecule has 0 aliphatic carbocycles. The summed E-state index contributed by atoms with van der Waals surface area (Å²) in [5, 5.41) is 4.11. The molecule has 0 heterocycles. The highest BCUT2D eigenvalue weighted by Crippen LogP contribution is 2.24. The van der Waals surface area contributed by atoms with Crippen LogP contribution in [-0.4, -0.2) is 8.07 Å². The molecule has 20 heavy (non-hydrogen) atoms. The average molecular weight is 283 g/mol. The Balaban J connectivity index is 3.39. The monoisotopic (exact) mass is 282 g/mol. The molecule has 0 aliphatic heterocycles. The first-order valence-corrected chi connectivity index (χ1v) is 9.62. The molecule has 0 saturated heterocycles. The van der Waals surface area contributed by atoms with Crippen molar-refractivity contribution in [1.29, 1.82) is 0 Å². The van der Waals surface area contributed by atoms with E-state index in [0.29, 0.717) is 0 Å². The van der Waals surface area contributed by atoms with Crippen molar-refractivity contribution in [2.45, 2.75) is 34.2 Å². The van der Waals surface area contributed by atoms with Crippen LogP contribution in [0.4, 0.5) is 0 Å². The van der Waals surface area contributed by atoms with Crippen LogP contribution in [0.5, 0.6) is 0 Å². The molecule has 1 rings (SSSR count). The molecule has 106 valence electrons. The average Bonchev–Trinajstić information content (AvgIpc) is 2.44. The van der Waals surface area contributed by atoms with E-state index in [2.05, 4.69) is 95.5 Å². The van der Waals surface area contributed by atoms with Gasteiger partial charge < -0.3 is 0 Å². The van der Waals surface area contributed by atoms with Crippen LogP contribution in [0.3, 0.4) is 0 Å². The van der Waals surface area contributed by atoms with E-state index in [1.165, 1.54) is 21.2 Å². The van der Waals surface area contributed by atoms with Crippen molar-refractivity contribution in [2.24, 2.45) is 0 Å². The topological polar surface area (TPSA) is 0 Å². The van der Waals surface area contributed by atoms with Crippen molar-refractivity contribution >= 4 is 13.3 Å². The van der Waals surface area contributed by atoms with E-state index < -0.39 is 8.07 Å². The lowest BCUT2D eigenvalue weighted by Gasteiger charge is -2.30. The number of rotatable bonds is 5. The zero-order valence-corrected chi connectivity index (χ0v) is 14.4. The summed E-state index contributed by atoms with van der Waals surface area (Å²) in [6.07, 6.45) is 8.72. The summed E-state index contributed by atoms with van der Waals surface area (Å²) in [7, 11) is -1.88. The Hall–Kier alpha value is -1.60. The van der Waals surface area contributed by atoms with Crippen LogP contribution in [0.1, 0.15) is 27.7 Å². The standard InChI is InChI=1S/C19H26Si/c1-7-11-17(4)20(6,18(5)15-14-16(2)3)19-12-9-8-10-13-19/h7-15H,4H2,1-3,5-6H3. The Labute approximate surface area is 125 Å². The second kappa shape index (κ2) is 7.25. The minimum absolute atomic E-state index is 1.25. The van der Waals surface area contributed by atoms with Gasteiger partial charge in [-0.05, 0) is 32.9 Å². The van der Waals surface area contributed by atoms with Crippen LogP contribution < -0.4 is 5.19 Å². The van der Waals surface area contributed by atoms with Gasteiger partial charge in [0.25, 0.3) is 0 Å². The molecule has 0 spiro atoms. The van der Waals surface area contributed by atoms with Crippen molar-refractivity contribution in [1.82, 2.24) is 0 Å². The number of allylic oxidation sites excluding steroid dienone is 7. The Morgan fingerprint density at radius 3 is 2.15 bits per heavy atom. The van der Waals surface area contributed by atoms with Gasteiger partial charge in [-0.2, -0.15) is 0 Å². The lowest BCUT2D eigenvalue weighted by Crippen LogP contribution is -2.48. The van der Waals surface area contributed by atoms with Gasteiger partial charge in [0.1, 0.15) is 8.07 Å². The van der Waals surface area contributed by atoms with Gasteiger partial charge in [-0.25, -0.2) is 0 Å². The van der Waals surface area contributed by atoms with Gasteiger partial charge in [0.15, 0.2) is 0 Å². The van der Waals surface area contributed by atoms with Crippen LogP contribution >= 0.6 is 0 Å². The molecule has 1 unspecified atom stereocenters. The Kier molecular flexibility index (Phi) is 5.96. The summed E-state index contributed by atoms with van der Waals surface area (Å²) in [6.45, 7) is 15.3. The predicted octanol–water partition coefficient (Wildman–Crippen LogP) is 5.10. The maximum absolute atomic E-state index is 4.35. The molecule has 0 fully saturated rings. The van der Waals surface area contributed by atoms with E-state index in [1.54, 1.807) is 0 Å². The first kappa shape index (κ1) is 16.5. The molecule has 0 amide bonds. The van der Waals surface area contributed by atoms with Gasteiger partial charge in [0, 0.05) is 0 Å². The zero-order valence-electron chi connectivity index (χ0n) is 13.4. The lowest BCUT2D eigenvalue weighted by atomic mass is 10.3. The molecule has 1 heteroatoms. The molecular formula is C19H26Si. The fraction of sp³-hybridized carbons (Fsp3) is 0.263. The fourth-order valence-electron chi connectivity index (χ4n) is 2.26. The first-order valence-electron chi connectivity index (χ1n) is 7.12. The minimum atomic E-state index is -1.88. The summed E-state index contributed by atoms with van der Waals surface area (Å²) < 4.78 is 0. The van der Waals surface area contributed by atoms with Gasteiger partial charge >= 0.3 is 0 Å². The normalized spacial score (nSPS) is 14.9. The largest absolute Gasteiger partial charge is 0.140 e. The summed E-state index contributed by atoms with van der Waals surface area (Å²) >= 11 is 0. The summed E-state index contributed by atoms with van der Waals surface area (Å²) in [6, 6.07) is 10.8. The zero-order chi connectivity index (χ0) is 15.2. The molecule has 1 aromatic carbocycles. The highest BCUT2D eigenvalue weighted by atomic mass is 28.3. The van der Waals surface area contributed by atoms with Crippen LogP contribution in [0.25, 0.3) is 0 Å². The number of benzene rings is 1. The van der Waals surface area contributed by atoms with E-state index in [-0.39, 0.29) is 0 Å². The first-order chi connectivity index (χ1) is 9.42. The van der Waals surface area contributed by atoms with Crippen LogP contribution in [0, 0.1) is 0 Å². The van der Waals surface area contributed by atoms with Crippen LogP contribution in [0.15, 0.2) is 77.2 Å². The van der Waals surface area contributed by atoms with Crippen molar-refractivity contribution in [3.8, 4) is 0 Å². The second-order valence-electron chi connectivity index (χ2n) is 5.61. The maximum Gasteiger partial charge on any atom is 0.140 e. The third-order valence-corrected chi connectivity index (χ3v) is 8.50. The van der Waals surface area contributed by atoms with Crippen molar-refractivity contribution in [3.63, 3.8) is 0 Å². The van der Waals surface area contributed by atoms with Gasteiger partial charge in [0.05, 0.1) is 0 Å². The molecule has 0 radical (unpaired) electrons. The molecule has 1 aromatic rings. The molecule has 0 aromatic heterocycles. The van der Waals surface area contributed by atoms with Crippen molar-refractivity contribution in [3.05, 3.63) is 77.2 Å². The molecule has 0 bridgehead atoms. The fourth-order valence-corrected chi connectivity index (χ4v) is 5.37. The van der Waals surface area contributed by atoms with E-state index in [0.717, 1.165) is 0 Å². The summed E-state index contributed by atoms with van der Waals surface area (Å²) in [4.78, 5) is 0. The quantitative estimate of drug-likeness (QED) is 0.521. The van der Waals surface area contributed by atoms with Crippen molar-refractivity contribution < 1.29 is 0 Å². The van der Waals surface area contributed by atoms with Crippen LogP contribution in [0.2, 0.25) is 6.55 Å². The molecular weight excluding hydrogens is 256 g/mol. The highest BCUT2D eigenvalue weighted by Gasteiger charge is 2.33. The highest BCUT2D eigenvalue weighted by molar-refractivity contribution is 7.02. The smallest absolute Gasteiger partial charge is 0.0991 e. The number of hydrogen-bond donors (Lipinski definition) is 0. The SMILES string of the molecule is C=C(C=CC)[Si](C)(C(C)=CC=C(C)C)c1ccccc1. The molecule has 0 aliphatic rings. The minimum Gasteiger partial charge on any atom is -0.0991 e. The number of hydrogen-bond acceptors (Lipinski definition) is 0.